The average molecular weight is 453 g/mol. The molecule has 0 aliphatic rings. The number of aromatic nitrogens is 2. The lowest BCUT2D eigenvalue weighted by Crippen LogP contribution is -2.23. The van der Waals surface area contributed by atoms with Gasteiger partial charge in [-0.25, -0.2) is 4.68 Å². The number of hydrogen-bond donors (Lipinski definition) is 1. The highest BCUT2D eigenvalue weighted by Crippen LogP contribution is 2.27. The summed E-state index contributed by atoms with van der Waals surface area (Å²) in [7, 11) is 0. The topological polar surface area (TPSA) is 70.7 Å². The molecular weight excluding hydrogens is 432 g/mol. The molecule has 4 aromatic rings. The Morgan fingerprint density at radius 1 is 1.06 bits per heavy atom. The summed E-state index contributed by atoms with van der Waals surface area (Å²) < 4.78 is 1.73. The predicted molar refractivity (Wildman–Crippen MR) is 131 cm³/mol. The lowest BCUT2D eigenvalue weighted by molar-refractivity contribution is -0.117. The zero-order valence-electron chi connectivity index (χ0n) is 18.0. The van der Waals surface area contributed by atoms with Crippen molar-refractivity contribution in [2.24, 2.45) is 0 Å². The number of hydrogen-bond acceptors (Lipinski definition) is 3. The maximum Gasteiger partial charge on any atom is 0.262 e. The summed E-state index contributed by atoms with van der Waals surface area (Å²) in [6.07, 6.45) is 3.38. The van der Waals surface area contributed by atoms with Crippen molar-refractivity contribution in [1.29, 1.82) is 5.26 Å². The van der Waals surface area contributed by atoms with Crippen LogP contribution < -0.4 is 5.32 Å². The van der Waals surface area contributed by atoms with Gasteiger partial charge < -0.3 is 5.32 Å². The number of nitrogens with one attached hydrogen (secondary N) is 1. The van der Waals surface area contributed by atoms with E-state index in [0.29, 0.717) is 22.8 Å². The van der Waals surface area contributed by atoms with Crippen molar-refractivity contribution in [3.63, 3.8) is 0 Å². The van der Waals surface area contributed by atoms with Crippen LogP contribution in [0.15, 0.2) is 90.6 Å². The fourth-order valence-electron chi connectivity index (χ4n) is 3.33. The van der Waals surface area contributed by atoms with Crippen LogP contribution in [0.3, 0.4) is 0 Å². The van der Waals surface area contributed by atoms with Gasteiger partial charge in [0.15, 0.2) is 0 Å². The van der Waals surface area contributed by atoms with Crippen molar-refractivity contribution in [2.45, 2.75) is 13.5 Å². The molecule has 0 bridgehead atoms. The minimum atomic E-state index is -0.437. The lowest BCUT2D eigenvalue weighted by Gasteiger charge is -2.05. The first-order valence-electron chi connectivity index (χ1n) is 10.4. The number of nitriles is 1. The van der Waals surface area contributed by atoms with Crippen LogP contribution in [-0.2, 0) is 11.3 Å². The second-order valence-electron chi connectivity index (χ2n) is 7.56. The Morgan fingerprint density at radius 3 is 2.42 bits per heavy atom. The third kappa shape index (κ3) is 5.38. The van der Waals surface area contributed by atoms with E-state index in [2.05, 4.69) is 5.32 Å². The van der Waals surface area contributed by atoms with E-state index in [9.17, 15) is 10.1 Å². The van der Waals surface area contributed by atoms with Gasteiger partial charge in [-0.1, -0.05) is 71.8 Å². The summed E-state index contributed by atoms with van der Waals surface area (Å²) in [5.41, 5.74) is 5.12. The van der Waals surface area contributed by atoms with E-state index in [-0.39, 0.29) is 5.57 Å². The van der Waals surface area contributed by atoms with Crippen LogP contribution in [0.4, 0.5) is 0 Å². The van der Waals surface area contributed by atoms with E-state index in [1.807, 2.05) is 85.9 Å². The van der Waals surface area contributed by atoms with E-state index < -0.39 is 5.91 Å². The number of para-hydroxylation sites is 1. The number of nitrogens with zero attached hydrogens (tertiary/aromatic N) is 3. The lowest BCUT2D eigenvalue weighted by atomic mass is 10.1. The Labute approximate surface area is 197 Å². The summed E-state index contributed by atoms with van der Waals surface area (Å²) in [5, 5.41) is 17.8. The number of halogens is 1. The number of carbonyl (C=O) groups is 1. The number of carbonyl (C=O) groups excluding carboxylic acids is 1. The molecule has 0 aliphatic carbocycles. The molecule has 0 saturated heterocycles. The van der Waals surface area contributed by atoms with Crippen LogP contribution in [0.25, 0.3) is 23.0 Å². The molecule has 0 spiro atoms. The fraction of sp³-hybridized carbons (Fsp3) is 0.0741. The Balaban J connectivity index is 1.66. The largest absolute Gasteiger partial charge is 0.347 e. The third-order valence-corrected chi connectivity index (χ3v) is 5.37. The Kier molecular flexibility index (Phi) is 6.68. The van der Waals surface area contributed by atoms with Crippen molar-refractivity contribution in [3.8, 4) is 23.0 Å². The quantitative estimate of drug-likeness (QED) is 0.300. The molecular formula is C27H21ClN4O. The first-order valence-corrected chi connectivity index (χ1v) is 10.8. The first-order chi connectivity index (χ1) is 16.0. The second kappa shape index (κ2) is 9.99. The van der Waals surface area contributed by atoms with Gasteiger partial charge in [-0.05, 0) is 42.8 Å². The number of amides is 1. The van der Waals surface area contributed by atoms with E-state index in [0.717, 1.165) is 22.4 Å². The smallest absolute Gasteiger partial charge is 0.262 e. The van der Waals surface area contributed by atoms with E-state index >= 15 is 0 Å². The molecule has 162 valence electrons. The zero-order chi connectivity index (χ0) is 23.2. The van der Waals surface area contributed by atoms with Gasteiger partial charge in [-0.3, -0.25) is 4.79 Å². The Bertz CT molecular complexity index is 1330. The summed E-state index contributed by atoms with van der Waals surface area (Å²) in [4.78, 5) is 12.7. The van der Waals surface area contributed by atoms with Crippen LogP contribution in [0.5, 0.6) is 0 Å². The summed E-state index contributed by atoms with van der Waals surface area (Å²) in [6, 6.07) is 26.8. The zero-order valence-corrected chi connectivity index (χ0v) is 18.8. The van der Waals surface area contributed by atoms with Gasteiger partial charge in [-0.15, -0.1) is 0 Å². The highest BCUT2D eigenvalue weighted by Gasteiger charge is 2.15. The first kappa shape index (κ1) is 22.1. The maximum atomic E-state index is 12.7. The third-order valence-electron chi connectivity index (χ3n) is 5.12. The highest BCUT2D eigenvalue weighted by molar-refractivity contribution is 6.30. The molecule has 0 unspecified atom stereocenters. The van der Waals surface area contributed by atoms with Crippen LogP contribution in [-0.4, -0.2) is 15.7 Å². The molecule has 0 atom stereocenters. The Hall–Kier alpha value is -4.14. The average Bonchev–Trinajstić information content (AvgIpc) is 3.27. The van der Waals surface area contributed by atoms with Crippen molar-refractivity contribution < 1.29 is 4.79 Å². The van der Waals surface area contributed by atoms with E-state index in [1.54, 1.807) is 22.9 Å². The standard InChI is InChI=1S/C27H21ClN4O/c1-19-7-9-20(10-8-19)17-30-27(33)22(16-29)15-23-18-32(25-5-3-2-4-6-25)31-26(23)21-11-13-24(28)14-12-21/h2-15,18H,17H2,1H3,(H,30,33)/b22-15+. The number of aryl methyl sites for hydroxylation is 1. The molecule has 0 radical (unpaired) electrons. The van der Waals surface area contributed by atoms with E-state index in [4.69, 9.17) is 16.7 Å². The normalized spacial score (nSPS) is 11.1. The molecule has 0 aliphatic heterocycles. The Morgan fingerprint density at radius 2 is 1.76 bits per heavy atom. The molecule has 1 N–H and O–H groups in total. The summed E-state index contributed by atoms with van der Waals surface area (Å²) >= 11 is 6.05. The minimum absolute atomic E-state index is 0.00457. The fourth-order valence-corrected chi connectivity index (χ4v) is 3.45. The SMILES string of the molecule is Cc1ccc(CNC(=O)/C(C#N)=C/c2cn(-c3ccccc3)nc2-c2ccc(Cl)cc2)cc1. The van der Waals surface area contributed by atoms with Crippen LogP contribution in [0, 0.1) is 18.3 Å². The van der Waals surface area contributed by atoms with Crippen LogP contribution in [0.1, 0.15) is 16.7 Å². The van der Waals surface area contributed by atoms with Crippen molar-refractivity contribution in [1.82, 2.24) is 15.1 Å². The molecule has 4 rings (SSSR count). The van der Waals surface area contributed by atoms with Gasteiger partial charge in [0.25, 0.3) is 5.91 Å². The predicted octanol–water partition coefficient (Wildman–Crippen LogP) is 5.72. The molecule has 6 heteroatoms. The van der Waals surface area contributed by atoms with Crippen LogP contribution in [0.2, 0.25) is 5.02 Å². The van der Waals surface area contributed by atoms with Gasteiger partial charge in [0, 0.05) is 28.9 Å². The summed E-state index contributed by atoms with van der Waals surface area (Å²) in [6.45, 7) is 2.35. The molecule has 0 saturated carbocycles. The van der Waals surface area contributed by atoms with Crippen LogP contribution >= 0.6 is 11.6 Å². The van der Waals surface area contributed by atoms with Gasteiger partial charge in [-0.2, -0.15) is 10.4 Å². The molecule has 1 heterocycles. The molecule has 1 amide bonds. The molecule has 0 fully saturated rings. The van der Waals surface area contributed by atoms with Gasteiger partial charge >= 0.3 is 0 Å². The summed E-state index contributed by atoms with van der Waals surface area (Å²) in [5.74, 6) is -0.437. The van der Waals surface area contributed by atoms with Gasteiger partial charge in [0.1, 0.15) is 11.6 Å². The maximum absolute atomic E-state index is 12.7. The molecule has 3 aromatic carbocycles. The van der Waals surface area contributed by atoms with Crippen molar-refractivity contribution in [2.75, 3.05) is 0 Å². The molecule has 5 nitrogen and oxygen atoms in total. The van der Waals surface area contributed by atoms with Gasteiger partial charge in [0.05, 0.1) is 11.4 Å². The van der Waals surface area contributed by atoms with Gasteiger partial charge in [0.2, 0.25) is 0 Å². The second-order valence-corrected chi connectivity index (χ2v) is 7.99. The van der Waals surface area contributed by atoms with E-state index in [1.165, 1.54) is 0 Å². The number of benzene rings is 3. The van der Waals surface area contributed by atoms with Crippen molar-refractivity contribution >= 4 is 23.6 Å². The number of rotatable bonds is 6. The van der Waals surface area contributed by atoms with Crippen molar-refractivity contribution in [3.05, 3.63) is 112 Å². The molecule has 1 aromatic heterocycles. The monoisotopic (exact) mass is 452 g/mol. The minimum Gasteiger partial charge on any atom is -0.347 e. The molecule has 33 heavy (non-hydrogen) atoms. The highest BCUT2D eigenvalue weighted by atomic mass is 35.5.